The molecule has 138 valence electrons. The quantitative estimate of drug-likeness (QED) is 0.866. The van der Waals surface area contributed by atoms with Crippen LogP contribution >= 0.6 is 0 Å². The summed E-state index contributed by atoms with van der Waals surface area (Å²) < 4.78 is 0. The van der Waals surface area contributed by atoms with Crippen molar-refractivity contribution in [3.8, 4) is 0 Å². The van der Waals surface area contributed by atoms with Gasteiger partial charge in [-0.1, -0.05) is 42.5 Å². The first-order chi connectivity index (χ1) is 12.6. The van der Waals surface area contributed by atoms with Crippen molar-refractivity contribution in [3.05, 3.63) is 65.2 Å². The van der Waals surface area contributed by atoms with Crippen molar-refractivity contribution < 1.29 is 4.79 Å². The van der Waals surface area contributed by atoms with Crippen molar-refractivity contribution in [2.24, 2.45) is 0 Å². The van der Waals surface area contributed by atoms with Crippen molar-refractivity contribution in [1.29, 1.82) is 0 Å². The number of piperazine rings is 1. The lowest BCUT2D eigenvalue weighted by Gasteiger charge is -2.35. The number of amides is 1. The Bertz CT molecular complexity index is 721. The second-order valence-corrected chi connectivity index (χ2v) is 7.07. The SMILES string of the molecule is Cc1cccc(NCCC(=O)N2CCN(Cc3ccccc3)CC2)c1C. The summed E-state index contributed by atoms with van der Waals surface area (Å²) in [6, 6.07) is 16.8. The standard InChI is InChI=1S/C22H29N3O/c1-18-7-6-10-21(19(18)2)23-12-11-22(26)25-15-13-24(14-16-25)17-20-8-4-3-5-9-20/h3-10,23H,11-17H2,1-2H3. The number of benzene rings is 2. The number of carbonyl (C=O) groups is 1. The molecule has 1 aliphatic rings. The van der Waals surface area contributed by atoms with Crippen molar-refractivity contribution in [3.63, 3.8) is 0 Å². The zero-order valence-electron chi connectivity index (χ0n) is 15.9. The molecule has 3 rings (SSSR count). The van der Waals surface area contributed by atoms with Crippen molar-refractivity contribution in [1.82, 2.24) is 9.80 Å². The molecule has 0 spiro atoms. The minimum absolute atomic E-state index is 0.252. The fraction of sp³-hybridized carbons (Fsp3) is 0.409. The molecule has 1 aliphatic heterocycles. The molecule has 1 N–H and O–H groups in total. The van der Waals surface area contributed by atoms with E-state index in [1.807, 2.05) is 11.0 Å². The maximum Gasteiger partial charge on any atom is 0.224 e. The molecular weight excluding hydrogens is 322 g/mol. The Kier molecular flexibility index (Phi) is 6.29. The normalized spacial score (nSPS) is 15.1. The number of nitrogens with one attached hydrogen (secondary N) is 1. The maximum absolute atomic E-state index is 12.5. The highest BCUT2D eigenvalue weighted by Gasteiger charge is 2.20. The summed E-state index contributed by atoms with van der Waals surface area (Å²) in [5, 5.41) is 3.41. The zero-order valence-corrected chi connectivity index (χ0v) is 15.9. The van der Waals surface area contributed by atoms with E-state index in [0.717, 1.165) is 38.4 Å². The van der Waals surface area contributed by atoms with Gasteiger partial charge in [0.15, 0.2) is 0 Å². The number of rotatable bonds is 6. The van der Waals surface area contributed by atoms with Crippen LogP contribution in [0.4, 0.5) is 5.69 Å². The predicted molar refractivity (Wildman–Crippen MR) is 107 cm³/mol. The Balaban J connectivity index is 1.40. The van der Waals surface area contributed by atoms with Crippen LogP contribution in [0, 0.1) is 13.8 Å². The lowest BCUT2D eigenvalue weighted by Crippen LogP contribution is -2.48. The van der Waals surface area contributed by atoms with Gasteiger partial charge in [-0.3, -0.25) is 9.69 Å². The lowest BCUT2D eigenvalue weighted by atomic mass is 10.1. The number of hydrogen-bond donors (Lipinski definition) is 1. The van der Waals surface area contributed by atoms with Crippen molar-refractivity contribution in [2.75, 3.05) is 38.0 Å². The van der Waals surface area contributed by atoms with Crippen LogP contribution in [0.2, 0.25) is 0 Å². The third kappa shape index (κ3) is 4.85. The van der Waals surface area contributed by atoms with Crippen molar-refractivity contribution in [2.45, 2.75) is 26.8 Å². The average Bonchev–Trinajstić information content (AvgIpc) is 2.66. The molecule has 0 aromatic heterocycles. The van der Waals surface area contributed by atoms with Gasteiger partial charge >= 0.3 is 0 Å². The summed E-state index contributed by atoms with van der Waals surface area (Å²) in [6.45, 7) is 9.44. The minimum atomic E-state index is 0.252. The van der Waals surface area contributed by atoms with E-state index < -0.39 is 0 Å². The van der Waals surface area contributed by atoms with Crippen LogP contribution in [-0.2, 0) is 11.3 Å². The van der Waals surface area contributed by atoms with Gasteiger partial charge in [0.05, 0.1) is 0 Å². The largest absolute Gasteiger partial charge is 0.384 e. The third-order valence-corrected chi connectivity index (χ3v) is 5.23. The molecule has 0 aliphatic carbocycles. The molecule has 1 heterocycles. The highest BCUT2D eigenvalue weighted by atomic mass is 16.2. The zero-order chi connectivity index (χ0) is 18.4. The fourth-order valence-corrected chi connectivity index (χ4v) is 3.40. The number of nitrogens with zero attached hydrogens (tertiary/aromatic N) is 2. The molecule has 0 bridgehead atoms. The highest BCUT2D eigenvalue weighted by Crippen LogP contribution is 2.18. The van der Waals surface area contributed by atoms with Gasteiger partial charge in [-0.2, -0.15) is 0 Å². The highest BCUT2D eigenvalue weighted by molar-refractivity contribution is 5.77. The topological polar surface area (TPSA) is 35.6 Å². The van der Waals surface area contributed by atoms with E-state index >= 15 is 0 Å². The van der Waals surface area contributed by atoms with E-state index in [-0.39, 0.29) is 5.91 Å². The lowest BCUT2D eigenvalue weighted by molar-refractivity contribution is -0.132. The molecule has 4 nitrogen and oxygen atoms in total. The van der Waals surface area contributed by atoms with Crippen molar-refractivity contribution >= 4 is 11.6 Å². The Hall–Kier alpha value is -2.33. The molecule has 26 heavy (non-hydrogen) atoms. The van der Waals surface area contributed by atoms with Gasteiger partial charge in [-0.25, -0.2) is 0 Å². The summed E-state index contributed by atoms with van der Waals surface area (Å²) >= 11 is 0. The summed E-state index contributed by atoms with van der Waals surface area (Å²) in [7, 11) is 0. The smallest absolute Gasteiger partial charge is 0.224 e. The molecule has 0 unspecified atom stereocenters. The van der Waals surface area contributed by atoms with E-state index in [9.17, 15) is 4.79 Å². The maximum atomic E-state index is 12.5. The van der Waals surface area contributed by atoms with E-state index in [2.05, 4.69) is 66.5 Å². The first-order valence-electron chi connectivity index (χ1n) is 9.47. The molecule has 1 saturated heterocycles. The van der Waals surface area contributed by atoms with Gasteiger partial charge in [-0.15, -0.1) is 0 Å². The van der Waals surface area contributed by atoms with E-state index in [4.69, 9.17) is 0 Å². The van der Waals surface area contributed by atoms with Gasteiger partial charge < -0.3 is 10.2 Å². The first kappa shape index (κ1) is 18.5. The molecule has 0 atom stereocenters. The van der Waals surface area contributed by atoms with E-state index in [0.29, 0.717) is 13.0 Å². The molecule has 2 aromatic carbocycles. The van der Waals surface area contributed by atoms with Crippen LogP contribution in [0.5, 0.6) is 0 Å². The van der Waals surface area contributed by atoms with Gasteiger partial charge in [0.2, 0.25) is 5.91 Å². The summed E-state index contributed by atoms with van der Waals surface area (Å²) in [5.41, 5.74) is 5.00. The second-order valence-electron chi connectivity index (χ2n) is 7.07. The van der Waals surface area contributed by atoms with Crippen LogP contribution in [0.15, 0.2) is 48.5 Å². The van der Waals surface area contributed by atoms with Crippen LogP contribution in [0.3, 0.4) is 0 Å². The molecule has 2 aromatic rings. The number of anilines is 1. The monoisotopic (exact) mass is 351 g/mol. The molecule has 1 fully saturated rings. The molecular formula is C22H29N3O. The summed E-state index contributed by atoms with van der Waals surface area (Å²) in [6.07, 6.45) is 0.548. The third-order valence-electron chi connectivity index (χ3n) is 5.23. The predicted octanol–water partition coefficient (Wildman–Crippen LogP) is 3.45. The Labute approximate surface area is 156 Å². The van der Waals surface area contributed by atoms with E-state index in [1.165, 1.54) is 16.7 Å². The van der Waals surface area contributed by atoms with Gasteiger partial charge in [0, 0.05) is 51.4 Å². The van der Waals surface area contributed by atoms with Gasteiger partial charge in [0.1, 0.15) is 0 Å². The Morgan fingerprint density at radius 2 is 1.69 bits per heavy atom. The van der Waals surface area contributed by atoms with Gasteiger partial charge in [-0.05, 0) is 36.6 Å². The minimum Gasteiger partial charge on any atom is -0.384 e. The summed E-state index contributed by atoms with van der Waals surface area (Å²) in [4.78, 5) is 16.9. The number of hydrogen-bond acceptors (Lipinski definition) is 3. The van der Waals surface area contributed by atoms with Crippen LogP contribution in [0.1, 0.15) is 23.1 Å². The number of carbonyl (C=O) groups excluding carboxylic acids is 1. The Morgan fingerprint density at radius 1 is 0.962 bits per heavy atom. The van der Waals surface area contributed by atoms with Gasteiger partial charge in [0.25, 0.3) is 0 Å². The average molecular weight is 351 g/mol. The van der Waals surface area contributed by atoms with Crippen LogP contribution in [0.25, 0.3) is 0 Å². The van der Waals surface area contributed by atoms with Crippen LogP contribution < -0.4 is 5.32 Å². The first-order valence-corrected chi connectivity index (χ1v) is 9.47. The summed E-state index contributed by atoms with van der Waals surface area (Å²) in [5.74, 6) is 0.252. The Morgan fingerprint density at radius 3 is 2.42 bits per heavy atom. The fourth-order valence-electron chi connectivity index (χ4n) is 3.40. The van der Waals surface area contributed by atoms with E-state index in [1.54, 1.807) is 0 Å². The molecule has 4 heteroatoms. The second kappa shape index (κ2) is 8.86. The molecule has 0 radical (unpaired) electrons. The number of aryl methyl sites for hydroxylation is 1. The van der Waals surface area contributed by atoms with Crippen LogP contribution in [-0.4, -0.2) is 48.4 Å². The molecule has 0 saturated carbocycles. The molecule has 1 amide bonds.